The summed E-state index contributed by atoms with van der Waals surface area (Å²) < 4.78 is 3.27. The Balaban J connectivity index is 1.86. The molecule has 2 aromatic heterocycles. The van der Waals surface area contributed by atoms with E-state index in [9.17, 15) is 4.79 Å². The molecular weight excluding hydrogens is 304 g/mol. The van der Waals surface area contributed by atoms with Crippen LogP contribution in [0.3, 0.4) is 0 Å². The molecule has 1 N–H and O–H groups in total. The molecule has 0 saturated carbocycles. The van der Waals surface area contributed by atoms with E-state index in [-0.39, 0.29) is 5.91 Å². The topological polar surface area (TPSA) is 77.6 Å². The molecule has 7 nitrogen and oxygen atoms in total. The third-order valence-electron chi connectivity index (χ3n) is 3.18. The number of nitrogens with zero attached hydrogens (tertiary/aromatic N) is 5. The summed E-state index contributed by atoms with van der Waals surface area (Å²) in [5, 5.41) is 14.7. The number of carbonyl (C=O) groups is 1. The fourth-order valence-electron chi connectivity index (χ4n) is 2.13. The molecule has 0 aliphatic heterocycles. The highest BCUT2D eigenvalue weighted by Crippen LogP contribution is 2.17. The molecule has 0 aliphatic rings. The maximum Gasteiger partial charge on any atom is 0.272 e. The summed E-state index contributed by atoms with van der Waals surface area (Å²) in [6, 6.07) is 8.89. The van der Waals surface area contributed by atoms with Gasteiger partial charge in [-0.05, 0) is 41.6 Å². The van der Waals surface area contributed by atoms with Crippen LogP contribution in [-0.2, 0) is 7.05 Å². The normalized spacial score (nSPS) is 10.7. The number of hydrogen-bond acceptors (Lipinski definition) is 4. The van der Waals surface area contributed by atoms with Gasteiger partial charge in [-0.15, -0.1) is 5.10 Å². The number of aryl methyl sites for hydroxylation is 2. The van der Waals surface area contributed by atoms with E-state index in [4.69, 9.17) is 11.6 Å². The van der Waals surface area contributed by atoms with Crippen LogP contribution in [0, 0.1) is 6.92 Å². The molecule has 0 aliphatic carbocycles. The molecule has 8 heteroatoms. The second-order valence-electron chi connectivity index (χ2n) is 4.80. The van der Waals surface area contributed by atoms with Crippen LogP contribution in [0.1, 0.15) is 16.3 Å². The molecule has 3 rings (SSSR count). The van der Waals surface area contributed by atoms with E-state index < -0.39 is 0 Å². The minimum Gasteiger partial charge on any atom is -0.345 e. The van der Waals surface area contributed by atoms with E-state index in [1.165, 1.54) is 0 Å². The lowest BCUT2D eigenvalue weighted by Crippen LogP contribution is -2.15. The van der Waals surface area contributed by atoms with Gasteiger partial charge in [0, 0.05) is 18.9 Å². The number of anilines is 1. The highest BCUT2D eigenvalue weighted by atomic mass is 35.5. The lowest BCUT2D eigenvalue weighted by molar-refractivity contribution is 0.101. The standard InChI is InChI=1S/C14H13ClN6O/c1-9-17-18-19-21(9)12-5-3-4-11(7-12)16-14(22)13-6-10(15)8-20(13)2/h3-8H,1-2H3,(H,16,22). The second-order valence-corrected chi connectivity index (χ2v) is 5.23. The van der Waals surface area contributed by atoms with E-state index in [2.05, 4.69) is 20.8 Å². The number of carbonyl (C=O) groups excluding carboxylic acids is 1. The predicted octanol–water partition coefficient (Wildman–Crippen LogP) is 2.21. The molecule has 0 radical (unpaired) electrons. The summed E-state index contributed by atoms with van der Waals surface area (Å²) >= 11 is 5.90. The number of halogens is 1. The Kier molecular flexibility index (Phi) is 3.64. The number of aromatic nitrogens is 5. The van der Waals surface area contributed by atoms with E-state index in [0.29, 0.717) is 22.2 Å². The monoisotopic (exact) mass is 316 g/mol. The Morgan fingerprint density at radius 2 is 2.14 bits per heavy atom. The minimum atomic E-state index is -0.236. The first kappa shape index (κ1) is 14.3. The zero-order valence-corrected chi connectivity index (χ0v) is 12.7. The first-order chi connectivity index (χ1) is 10.5. The Hall–Kier alpha value is -2.67. The van der Waals surface area contributed by atoms with Crippen LogP contribution in [0.4, 0.5) is 5.69 Å². The van der Waals surface area contributed by atoms with Crippen LogP contribution >= 0.6 is 11.6 Å². The average molecular weight is 317 g/mol. The van der Waals surface area contributed by atoms with Gasteiger partial charge in [0.25, 0.3) is 5.91 Å². The fourth-order valence-corrected chi connectivity index (χ4v) is 2.38. The van der Waals surface area contributed by atoms with E-state index >= 15 is 0 Å². The highest BCUT2D eigenvalue weighted by molar-refractivity contribution is 6.31. The van der Waals surface area contributed by atoms with Crippen LogP contribution in [0.2, 0.25) is 5.02 Å². The summed E-state index contributed by atoms with van der Waals surface area (Å²) in [5.74, 6) is 0.428. The molecule has 3 aromatic rings. The Morgan fingerprint density at radius 3 is 2.77 bits per heavy atom. The molecule has 0 saturated heterocycles. The van der Waals surface area contributed by atoms with Crippen LogP contribution < -0.4 is 5.32 Å². The van der Waals surface area contributed by atoms with Gasteiger partial charge in [0.2, 0.25) is 0 Å². The van der Waals surface area contributed by atoms with Crippen LogP contribution in [-0.4, -0.2) is 30.7 Å². The molecule has 0 spiro atoms. The number of tetrazole rings is 1. The predicted molar refractivity (Wildman–Crippen MR) is 82.3 cm³/mol. The van der Waals surface area contributed by atoms with Crippen molar-refractivity contribution in [2.45, 2.75) is 6.92 Å². The molecule has 22 heavy (non-hydrogen) atoms. The highest BCUT2D eigenvalue weighted by Gasteiger charge is 2.12. The van der Waals surface area contributed by atoms with Crippen molar-refractivity contribution in [2.75, 3.05) is 5.32 Å². The molecule has 0 fully saturated rings. The van der Waals surface area contributed by atoms with Crippen molar-refractivity contribution in [1.82, 2.24) is 24.8 Å². The molecule has 0 unspecified atom stereocenters. The van der Waals surface area contributed by atoms with Crippen LogP contribution in [0.5, 0.6) is 0 Å². The van der Waals surface area contributed by atoms with Crippen molar-refractivity contribution in [2.24, 2.45) is 7.05 Å². The maximum absolute atomic E-state index is 12.3. The largest absolute Gasteiger partial charge is 0.345 e. The van der Waals surface area contributed by atoms with Gasteiger partial charge in [0.15, 0.2) is 5.82 Å². The molecule has 1 aromatic carbocycles. The number of benzene rings is 1. The zero-order valence-electron chi connectivity index (χ0n) is 12.0. The van der Waals surface area contributed by atoms with Gasteiger partial charge in [-0.3, -0.25) is 4.79 Å². The van der Waals surface area contributed by atoms with Crippen molar-refractivity contribution in [3.05, 3.63) is 53.1 Å². The maximum atomic E-state index is 12.3. The zero-order chi connectivity index (χ0) is 15.7. The molecule has 1 amide bonds. The van der Waals surface area contributed by atoms with Gasteiger partial charge in [0.05, 0.1) is 10.7 Å². The van der Waals surface area contributed by atoms with Crippen molar-refractivity contribution >= 4 is 23.2 Å². The summed E-state index contributed by atoms with van der Waals surface area (Å²) in [4.78, 5) is 12.3. The van der Waals surface area contributed by atoms with E-state index in [1.54, 1.807) is 47.6 Å². The van der Waals surface area contributed by atoms with Gasteiger partial charge in [0.1, 0.15) is 5.69 Å². The van der Waals surface area contributed by atoms with Crippen LogP contribution in [0.15, 0.2) is 36.5 Å². The third-order valence-corrected chi connectivity index (χ3v) is 3.38. The molecule has 112 valence electrons. The van der Waals surface area contributed by atoms with Gasteiger partial charge in [-0.1, -0.05) is 17.7 Å². The van der Waals surface area contributed by atoms with Gasteiger partial charge in [-0.2, -0.15) is 4.68 Å². The molecule has 2 heterocycles. The Labute approximate surface area is 131 Å². The SMILES string of the molecule is Cc1nnnn1-c1cccc(NC(=O)c2cc(Cl)cn2C)c1. The lowest BCUT2D eigenvalue weighted by atomic mass is 10.2. The van der Waals surface area contributed by atoms with Gasteiger partial charge < -0.3 is 9.88 Å². The van der Waals surface area contributed by atoms with Crippen molar-refractivity contribution in [3.8, 4) is 5.69 Å². The lowest BCUT2D eigenvalue weighted by Gasteiger charge is -2.08. The van der Waals surface area contributed by atoms with Crippen molar-refractivity contribution in [3.63, 3.8) is 0 Å². The number of rotatable bonds is 3. The van der Waals surface area contributed by atoms with E-state index in [0.717, 1.165) is 5.69 Å². The number of nitrogens with one attached hydrogen (secondary N) is 1. The molecule has 0 atom stereocenters. The fraction of sp³-hybridized carbons (Fsp3) is 0.143. The second kappa shape index (κ2) is 5.61. The van der Waals surface area contributed by atoms with Crippen LogP contribution in [0.25, 0.3) is 5.69 Å². The first-order valence-corrected chi connectivity index (χ1v) is 6.91. The molecular formula is C14H13ClN6O. The minimum absolute atomic E-state index is 0.236. The van der Waals surface area contributed by atoms with Gasteiger partial charge in [-0.25, -0.2) is 0 Å². The third kappa shape index (κ3) is 2.71. The summed E-state index contributed by atoms with van der Waals surface area (Å²) in [6.45, 7) is 1.80. The smallest absolute Gasteiger partial charge is 0.272 e. The number of hydrogen-bond donors (Lipinski definition) is 1. The Bertz CT molecular complexity index is 837. The molecule has 0 bridgehead atoms. The summed E-state index contributed by atoms with van der Waals surface area (Å²) in [7, 11) is 1.77. The summed E-state index contributed by atoms with van der Waals surface area (Å²) in [6.07, 6.45) is 1.68. The summed E-state index contributed by atoms with van der Waals surface area (Å²) in [5.41, 5.74) is 1.90. The van der Waals surface area contributed by atoms with Crippen molar-refractivity contribution in [1.29, 1.82) is 0 Å². The number of amides is 1. The van der Waals surface area contributed by atoms with Gasteiger partial charge >= 0.3 is 0 Å². The quantitative estimate of drug-likeness (QED) is 0.803. The average Bonchev–Trinajstić information content (AvgIpc) is 3.04. The van der Waals surface area contributed by atoms with E-state index in [1.807, 2.05) is 12.1 Å². The Morgan fingerprint density at radius 1 is 1.32 bits per heavy atom. The first-order valence-electron chi connectivity index (χ1n) is 6.53. The van der Waals surface area contributed by atoms with Crippen molar-refractivity contribution < 1.29 is 4.79 Å².